The van der Waals surface area contributed by atoms with Crippen LogP contribution in [0.3, 0.4) is 0 Å². The van der Waals surface area contributed by atoms with Crippen molar-refractivity contribution in [3.8, 4) is 34.2 Å². The molecule has 0 radical (unpaired) electrons. The first-order valence-electron chi connectivity index (χ1n) is 7.96. The summed E-state index contributed by atoms with van der Waals surface area (Å²) in [6, 6.07) is 13.9. The molecule has 0 N–H and O–H groups in total. The fourth-order valence-corrected chi connectivity index (χ4v) is 2.66. The van der Waals surface area contributed by atoms with Crippen molar-refractivity contribution in [2.24, 2.45) is 0 Å². The third-order valence-corrected chi connectivity index (χ3v) is 4.01. The fraction of sp³-hybridized carbons (Fsp3) is 0.105. The Hall–Kier alpha value is -3.42. The van der Waals surface area contributed by atoms with Gasteiger partial charge in [0.2, 0.25) is 5.89 Å². The first-order chi connectivity index (χ1) is 12.9. The minimum absolute atomic E-state index is 0.110. The number of rotatable bonds is 3. The van der Waals surface area contributed by atoms with E-state index in [2.05, 4.69) is 15.4 Å². The summed E-state index contributed by atoms with van der Waals surface area (Å²) >= 11 is 0. The van der Waals surface area contributed by atoms with E-state index in [1.54, 1.807) is 6.92 Å². The van der Waals surface area contributed by atoms with E-state index in [0.717, 1.165) is 17.7 Å². The summed E-state index contributed by atoms with van der Waals surface area (Å²) in [5.41, 5.74) is 1.56. The predicted octanol–water partition coefficient (Wildman–Crippen LogP) is 5.39. The molecule has 0 bridgehead atoms. The minimum atomic E-state index is -4.40. The van der Waals surface area contributed by atoms with Gasteiger partial charge in [-0.05, 0) is 31.2 Å². The summed E-state index contributed by atoms with van der Waals surface area (Å²) in [5, 5.41) is 12.0. The maximum absolute atomic E-state index is 12.7. The van der Waals surface area contributed by atoms with E-state index in [-0.39, 0.29) is 11.8 Å². The van der Waals surface area contributed by atoms with E-state index in [9.17, 15) is 13.2 Å². The highest BCUT2D eigenvalue weighted by Crippen LogP contribution is 2.35. The van der Waals surface area contributed by atoms with Gasteiger partial charge in [0.1, 0.15) is 17.0 Å². The van der Waals surface area contributed by atoms with Crippen molar-refractivity contribution in [2.75, 3.05) is 0 Å². The molecule has 0 saturated carbocycles. The third kappa shape index (κ3) is 3.21. The van der Waals surface area contributed by atoms with Gasteiger partial charge in [0, 0.05) is 11.1 Å². The monoisotopic (exact) mass is 371 g/mol. The lowest BCUT2D eigenvalue weighted by Gasteiger charge is -2.05. The molecular formula is C19H12F3N3O2. The smallest absolute Gasteiger partial charge is 0.416 e. The molecule has 0 spiro atoms. The number of nitrogens with zero attached hydrogens (tertiary/aromatic N) is 3. The highest BCUT2D eigenvalue weighted by molar-refractivity contribution is 5.78. The standard InChI is InChI=1S/C19H12F3N3O2/c1-11-15(16(25-27-11)12-5-3-2-4-6-12)18-24-23-17(26-18)13-7-9-14(10-8-13)19(20,21)22/h2-10H,1H3. The molecule has 136 valence electrons. The van der Waals surface area contributed by atoms with Crippen molar-refractivity contribution < 1.29 is 22.1 Å². The van der Waals surface area contributed by atoms with Crippen molar-refractivity contribution in [2.45, 2.75) is 13.1 Å². The zero-order chi connectivity index (χ0) is 19.0. The summed E-state index contributed by atoms with van der Waals surface area (Å²) < 4.78 is 49.0. The minimum Gasteiger partial charge on any atom is -0.416 e. The molecule has 0 saturated heterocycles. The molecule has 0 amide bonds. The molecule has 0 aliphatic heterocycles. The zero-order valence-corrected chi connectivity index (χ0v) is 14.0. The molecule has 5 nitrogen and oxygen atoms in total. The van der Waals surface area contributed by atoms with Gasteiger partial charge in [-0.25, -0.2) is 0 Å². The van der Waals surface area contributed by atoms with Crippen LogP contribution in [-0.4, -0.2) is 15.4 Å². The quantitative estimate of drug-likeness (QED) is 0.483. The van der Waals surface area contributed by atoms with Crippen LogP contribution in [0.5, 0.6) is 0 Å². The SMILES string of the molecule is Cc1onc(-c2ccccc2)c1-c1nnc(-c2ccc(C(F)(F)F)cc2)o1. The van der Waals surface area contributed by atoms with E-state index < -0.39 is 11.7 Å². The highest BCUT2D eigenvalue weighted by atomic mass is 19.4. The number of benzene rings is 2. The van der Waals surface area contributed by atoms with E-state index in [1.807, 2.05) is 30.3 Å². The molecule has 4 aromatic rings. The summed E-state index contributed by atoms with van der Waals surface area (Å²) in [4.78, 5) is 0. The Morgan fingerprint density at radius 1 is 0.815 bits per heavy atom. The average Bonchev–Trinajstić information content (AvgIpc) is 3.28. The van der Waals surface area contributed by atoms with Crippen LogP contribution in [0, 0.1) is 6.92 Å². The van der Waals surface area contributed by atoms with Crippen LogP contribution in [0.2, 0.25) is 0 Å². The molecule has 0 unspecified atom stereocenters. The first kappa shape index (κ1) is 17.0. The summed E-state index contributed by atoms with van der Waals surface area (Å²) in [5.74, 6) is 0.789. The van der Waals surface area contributed by atoms with E-state index in [0.29, 0.717) is 22.6 Å². The third-order valence-electron chi connectivity index (χ3n) is 4.01. The largest absolute Gasteiger partial charge is 0.416 e. The van der Waals surface area contributed by atoms with E-state index in [1.165, 1.54) is 12.1 Å². The van der Waals surface area contributed by atoms with Crippen molar-refractivity contribution in [3.05, 3.63) is 65.9 Å². The summed E-state index contributed by atoms with van der Waals surface area (Å²) in [7, 11) is 0. The second-order valence-corrected chi connectivity index (χ2v) is 5.82. The molecule has 2 aromatic carbocycles. The van der Waals surface area contributed by atoms with E-state index >= 15 is 0 Å². The van der Waals surface area contributed by atoms with Gasteiger partial charge >= 0.3 is 6.18 Å². The van der Waals surface area contributed by atoms with Crippen LogP contribution < -0.4 is 0 Å². The Morgan fingerprint density at radius 2 is 1.48 bits per heavy atom. The molecule has 27 heavy (non-hydrogen) atoms. The van der Waals surface area contributed by atoms with Crippen LogP contribution in [0.1, 0.15) is 11.3 Å². The predicted molar refractivity (Wildman–Crippen MR) is 90.4 cm³/mol. The molecule has 0 fully saturated rings. The fourth-order valence-electron chi connectivity index (χ4n) is 2.66. The maximum Gasteiger partial charge on any atom is 0.416 e. The average molecular weight is 371 g/mol. The van der Waals surface area contributed by atoms with Crippen LogP contribution >= 0.6 is 0 Å². The lowest BCUT2D eigenvalue weighted by molar-refractivity contribution is -0.137. The van der Waals surface area contributed by atoms with Gasteiger partial charge in [-0.1, -0.05) is 35.5 Å². The van der Waals surface area contributed by atoms with Crippen molar-refractivity contribution in [3.63, 3.8) is 0 Å². The van der Waals surface area contributed by atoms with E-state index in [4.69, 9.17) is 8.94 Å². The Kier molecular flexibility index (Phi) is 4.02. The van der Waals surface area contributed by atoms with Gasteiger partial charge in [-0.15, -0.1) is 10.2 Å². The van der Waals surface area contributed by atoms with Crippen LogP contribution in [0.15, 0.2) is 63.5 Å². The maximum atomic E-state index is 12.7. The molecular weight excluding hydrogens is 359 g/mol. The highest BCUT2D eigenvalue weighted by Gasteiger charge is 2.30. The summed E-state index contributed by atoms with van der Waals surface area (Å²) in [6.07, 6.45) is -4.40. The summed E-state index contributed by atoms with van der Waals surface area (Å²) in [6.45, 7) is 1.72. The van der Waals surface area contributed by atoms with Gasteiger partial charge < -0.3 is 8.94 Å². The molecule has 8 heteroatoms. The van der Waals surface area contributed by atoms with Gasteiger partial charge in [-0.3, -0.25) is 0 Å². The second-order valence-electron chi connectivity index (χ2n) is 5.82. The number of hydrogen-bond acceptors (Lipinski definition) is 5. The number of aromatic nitrogens is 3. The normalized spacial score (nSPS) is 11.7. The zero-order valence-electron chi connectivity index (χ0n) is 14.0. The van der Waals surface area contributed by atoms with Crippen LogP contribution in [0.4, 0.5) is 13.2 Å². The topological polar surface area (TPSA) is 65.0 Å². The van der Waals surface area contributed by atoms with Crippen molar-refractivity contribution in [1.29, 1.82) is 0 Å². The molecule has 2 heterocycles. The first-order valence-corrected chi connectivity index (χ1v) is 7.96. The van der Waals surface area contributed by atoms with Gasteiger partial charge in [0.25, 0.3) is 5.89 Å². The molecule has 2 aromatic heterocycles. The van der Waals surface area contributed by atoms with Gasteiger partial charge in [-0.2, -0.15) is 13.2 Å². The Balaban J connectivity index is 1.71. The van der Waals surface area contributed by atoms with Gasteiger partial charge in [0.15, 0.2) is 0 Å². The Labute approximate surface area is 151 Å². The lowest BCUT2D eigenvalue weighted by atomic mass is 10.1. The lowest BCUT2D eigenvalue weighted by Crippen LogP contribution is -2.03. The molecule has 0 atom stereocenters. The number of aryl methyl sites for hydroxylation is 1. The number of halogens is 3. The van der Waals surface area contributed by atoms with Crippen molar-refractivity contribution >= 4 is 0 Å². The second kappa shape index (κ2) is 6.39. The number of alkyl halides is 3. The molecule has 0 aliphatic carbocycles. The number of hydrogen-bond donors (Lipinski definition) is 0. The van der Waals surface area contributed by atoms with Crippen LogP contribution in [0.25, 0.3) is 34.2 Å². The molecule has 4 rings (SSSR count). The van der Waals surface area contributed by atoms with Gasteiger partial charge in [0.05, 0.1) is 5.56 Å². The van der Waals surface area contributed by atoms with Crippen LogP contribution in [-0.2, 0) is 6.18 Å². The molecule has 0 aliphatic rings. The Morgan fingerprint density at radius 3 is 2.15 bits per heavy atom. The Bertz CT molecular complexity index is 1070. The van der Waals surface area contributed by atoms with Crippen molar-refractivity contribution in [1.82, 2.24) is 15.4 Å².